The number of aliphatic hydroxyl groups is 2. The quantitative estimate of drug-likeness (QED) is 0.658. The molecule has 0 aromatic rings. The van der Waals surface area contributed by atoms with Gasteiger partial charge in [0.1, 0.15) is 6.61 Å². The predicted molar refractivity (Wildman–Crippen MR) is 49.9 cm³/mol. The number of nitrogens with zero attached hydrogens (tertiary/aromatic N) is 1. The lowest BCUT2D eigenvalue weighted by Crippen LogP contribution is -2.46. The Labute approximate surface area is 83.3 Å². The maximum Gasteiger partial charge on any atom is 0.410 e. The lowest BCUT2D eigenvalue weighted by molar-refractivity contribution is 0.0480. The van der Waals surface area contributed by atoms with Crippen LogP contribution in [0.3, 0.4) is 0 Å². The van der Waals surface area contributed by atoms with Gasteiger partial charge in [-0.1, -0.05) is 0 Å². The molecule has 1 aliphatic carbocycles. The normalized spacial score (nSPS) is 16.1. The Bertz CT molecular complexity index is 182. The van der Waals surface area contributed by atoms with Gasteiger partial charge in [-0.3, -0.25) is 0 Å². The Balaban J connectivity index is 2.35. The number of carbonyl (C=O) groups excluding carboxylic acids is 1. The summed E-state index contributed by atoms with van der Waals surface area (Å²) in [5, 5.41) is 17.3. The molecule has 0 spiro atoms. The van der Waals surface area contributed by atoms with Gasteiger partial charge < -0.3 is 19.8 Å². The van der Waals surface area contributed by atoms with Crippen LogP contribution in [-0.4, -0.2) is 53.6 Å². The molecule has 5 heteroatoms. The van der Waals surface area contributed by atoms with Gasteiger partial charge in [0.25, 0.3) is 0 Å². The highest BCUT2D eigenvalue weighted by Crippen LogP contribution is 2.24. The Morgan fingerprint density at radius 2 is 2.07 bits per heavy atom. The predicted octanol–water partition coefficient (Wildman–Crippen LogP) is -0.0379. The second-order valence-electron chi connectivity index (χ2n) is 3.34. The van der Waals surface area contributed by atoms with Crippen LogP contribution in [0.5, 0.6) is 0 Å². The minimum Gasteiger partial charge on any atom is -0.447 e. The molecular formula is C9H17NO4. The molecule has 0 aliphatic heterocycles. The van der Waals surface area contributed by atoms with Crippen LogP contribution in [0.15, 0.2) is 0 Å². The highest BCUT2D eigenvalue weighted by molar-refractivity contribution is 5.68. The van der Waals surface area contributed by atoms with Gasteiger partial charge in [0.15, 0.2) is 0 Å². The Morgan fingerprint density at radius 3 is 2.50 bits per heavy atom. The number of ether oxygens (including phenoxy) is 1. The fourth-order valence-corrected chi connectivity index (χ4v) is 1.44. The average molecular weight is 203 g/mol. The molecule has 1 aliphatic rings. The maximum atomic E-state index is 11.4. The molecule has 14 heavy (non-hydrogen) atoms. The summed E-state index contributed by atoms with van der Waals surface area (Å²) in [6, 6.07) is 0.216. The fourth-order valence-electron chi connectivity index (χ4n) is 1.44. The van der Waals surface area contributed by atoms with Crippen molar-refractivity contribution in [2.45, 2.75) is 25.3 Å². The van der Waals surface area contributed by atoms with Crippen molar-refractivity contribution in [2.75, 3.05) is 26.4 Å². The summed E-state index contributed by atoms with van der Waals surface area (Å²) in [4.78, 5) is 12.9. The standard InChI is InChI=1S/C9H17NO4/c11-5-4-10(8-2-1-3-8)9(13)14-7-6-12/h8,11-12H,1-7H2. The third kappa shape index (κ3) is 2.85. The highest BCUT2D eigenvalue weighted by atomic mass is 16.6. The molecule has 1 amide bonds. The summed E-state index contributed by atoms with van der Waals surface area (Å²) >= 11 is 0. The molecule has 82 valence electrons. The molecule has 0 aromatic carbocycles. The van der Waals surface area contributed by atoms with Gasteiger partial charge in [-0.2, -0.15) is 0 Å². The van der Waals surface area contributed by atoms with Crippen LogP contribution in [0.4, 0.5) is 4.79 Å². The average Bonchev–Trinajstić information content (AvgIpc) is 2.10. The summed E-state index contributed by atoms with van der Waals surface area (Å²) in [6.45, 7) is 0.122. The van der Waals surface area contributed by atoms with Crippen molar-refractivity contribution < 1.29 is 19.7 Å². The van der Waals surface area contributed by atoms with E-state index in [1.807, 2.05) is 0 Å². The molecule has 0 bridgehead atoms. The van der Waals surface area contributed by atoms with Crippen LogP contribution >= 0.6 is 0 Å². The molecule has 1 fully saturated rings. The summed E-state index contributed by atoms with van der Waals surface area (Å²) in [7, 11) is 0. The van der Waals surface area contributed by atoms with E-state index in [0.29, 0.717) is 6.54 Å². The number of carbonyl (C=O) groups is 1. The third-order valence-electron chi connectivity index (χ3n) is 2.41. The van der Waals surface area contributed by atoms with Gasteiger partial charge >= 0.3 is 6.09 Å². The zero-order chi connectivity index (χ0) is 10.4. The largest absolute Gasteiger partial charge is 0.447 e. The molecule has 0 saturated heterocycles. The topological polar surface area (TPSA) is 70.0 Å². The van der Waals surface area contributed by atoms with Crippen LogP contribution in [0.1, 0.15) is 19.3 Å². The lowest BCUT2D eigenvalue weighted by atomic mass is 9.92. The first-order valence-corrected chi connectivity index (χ1v) is 4.94. The summed E-state index contributed by atoms with van der Waals surface area (Å²) in [5.41, 5.74) is 0. The maximum absolute atomic E-state index is 11.4. The monoisotopic (exact) mass is 203 g/mol. The summed E-state index contributed by atoms with van der Waals surface area (Å²) < 4.78 is 4.79. The first-order chi connectivity index (χ1) is 6.79. The first-order valence-electron chi connectivity index (χ1n) is 4.94. The summed E-state index contributed by atoms with van der Waals surface area (Å²) in [5.74, 6) is 0. The molecule has 1 rings (SSSR count). The van der Waals surface area contributed by atoms with Crippen LogP contribution in [0.2, 0.25) is 0 Å². The van der Waals surface area contributed by atoms with E-state index in [9.17, 15) is 4.79 Å². The van der Waals surface area contributed by atoms with Crippen LogP contribution in [0.25, 0.3) is 0 Å². The first kappa shape index (κ1) is 11.3. The van der Waals surface area contributed by atoms with E-state index in [1.54, 1.807) is 4.90 Å². The second-order valence-corrected chi connectivity index (χ2v) is 3.34. The van der Waals surface area contributed by atoms with Crippen molar-refractivity contribution in [3.05, 3.63) is 0 Å². The molecule has 1 saturated carbocycles. The van der Waals surface area contributed by atoms with Gasteiger partial charge in [0.2, 0.25) is 0 Å². The van der Waals surface area contributed by atoms with E-state index < -0.39 is 6.09 Å². The van der Waals surface area contributed by atoms with Crippen LogP contribution < -0.4 is 0 Å². The van der Waals surface area contributed by atoms with Gasteiger partial charge in [0, 0.05) is 12.6 Å². The molecule has 5 nitrogen and oxygen atoms in total. The number of amides is 1. The lowest BCUT2D eigenvalue weighted by Gasteiger charge is -2.36. The molecule has 0 aromatic heterocycles. The van der Waals surface area contributed by atoms with Crippen molar-refractivity contribution in [3.8, 4) is 0 Å². The van der Waals surface area contributed by atoms with Gasteiger partial charge in [-0.05, 0) is 19.3 Å². The Kier molecular flexibility index (Phi) is 4.69. The molecule has 0 radical (unpaired) electrons. The number of aliphatic hydroxyl groups excluding tert-OH is 2. The Morgan fingerprint density at radius 1 is 1.36 bits per heavy atom. The smallest absolute Gasteiger partial charge is 0.410 e. The van der Waals surface area contributed by atoms with E-state index in [0.717, 1.165) is 19.3 Å². The Hall–Kier alpha value is -0.810. The van der Waals surface area contributed by atoms with Gasteiger partial charge in [-0.15, -0.1) is 0 Å². The SMILES string of the molecule is O=C(OCCO)N(CCO)C1CCC1. The van der Waals surface area contributed by atoms with E-state index in [1.165, 1.54) is 0 Å². The van der Waals surface area contributed by atoms with Crippen LogP contribution in [0, 0.1) is 0 Å². The van der Waals surface area contributed by atoms with Gasteiger partial charge in [-0.25, -0.2) is 4.79 Å². The molecule has 0 atom stereocenters. The van der Waals surface area contributed by atoms with Crippen molar-refractivity contribution in [3.63, 3.8) is 0 Å². The van der Waals surface area contributed by atoms with Crippen molar-refractivity contribution in [1.82, 2.24) is 4.90 Å². The molecule has 0 heterocycles. The number of hydrogen-bond acceptors (Lipinski definition) is 4. The van der Waals surface area contributed by atoms with Crippen molar-refractivity contribution in [1.29, 1.82) is 0 Å². The van der Waals surface area contributed by atoms with E-state index in [2.05, 4.69) is 0 Å². The summed E-state index contributed by atoms with van der Waals surface area (Å²) in [6.07, 6.45) is 2.65. The minimum atomic E-state index is -0.433. The van der Waals surface area contributed by atoms with Gasteiger partial charge in [0.05, 0.1) is 13.2 Å². The van der Waals surface area contributed by atoms with E-state index in [4.69, 9.17) is 14.9 Å². The van der Waals surface area contributed by atoms with Crippen molar-refractivity contribution in [2.24, 2.45) is 0 Å². The zero-order valence-electron chi connectivity index (χ0n) is 8.19. The minimum absolute atomic E-state index is 0.0213. The zero-order valence-corrected chi connectivity index (χ0v) is 8.19. The number of hydrogen-bond donors (Lipinski definition) is 2. The van der Waals surface area contributed by atoms with E-state index in [-0.39, 0.29) is 25.9 Å². The van der Waals surface area contributed by atoms with Crippen molar-refractivity contribution >= 4 is 6.09 Å². The molecule has 0 unspecified atom stereocenters. The third-order valence-corrected chi connectivity index (χ3v) is 2.41. The van der Waals surface area contributed by atoms with Crippen LogP contribution in [-0.2, 0) is 4.74 Å². The fraction of sp³-hybridized carbons (Fsp3) is 0.889. The molecule has 2 N–H and O–H groups in total. The number of rotatable bonds is 5. The highest BCUT2D eigenvalue weighted by Gasteiger charge is 2.29. The molecular weight excluding hydrogens is 186 g/mol. The van der Waals surface area contributed by atoms with E-state index >= 15 is 0 Å². The second kappa shape index (κ2) is 5.82.